The molecule has 126 valence electrons. The van der Waals surface area contributed by atoms with E-state index in [-0.39, 0.29) is 18.2 Å². The number of nitrogens with zero attached hydrogens (tertiary/aromatic N) is 4. The van der Waals surface area contributed by atoms with Gasteiger partial charge in [-0.15, -0.1) is 5.10 Å². The van der Waals surface area contributed by atoms with Gasteiger partial charge in [0.05, 0.1) is 5.92 Å². The predicted octanol–water partition coefficient (Wildman–Crippen LogP) is 0.683. The standard InChI is InChI=1S/C14H15FN6O2S/c1-21-14(18-19-20-21)24-5-4-16-13(23)10-7-12(22)17-11-3-2-8(15)6-9(10)11/h2-3,6,10H,4-5,7H2,1H3,(H,16,23)(H,17,22). The lowest BCUT2D eigenvalue weighted by Gasteiger charge is -2.24. The Bertz CT molecular complexity index is 780. The van der Waals surface area contributed by atoms with Crippen LogP contribution in [0.15, 0.2) is 23.4 Å². The van der Waals surface area contributed by atoms with Crippen LogP contribution in [-0.2, 0) is 16.6 Å². The van der Waals surface area contributed by atoms with Crippen LogP contribution >= 0.6 is 11.8 Å². The van der Waals surface area contributed by atoms with Crippen molar-refractivity contribution in [2.75, 3.05) is 17.6 Å². The third kappa shape index (κ3) is 3.53. The van der Waals surface area contributed by atoms with Crippen molar-refractivity contribution in [3.05, 3.63) is 29.6 Å². The number of aromatic nitrogens is 4. The summed E-state index contributed by atoms with van der Waals surface area (Å²) in [6.07, 6.45) is 0.00261. The fourth-order valence-corrected chi connectivity index (χ4v) is 3.15. The molecule has 24 heavy (non-hydrogen) atoms. The van der Waals surface area contributed by atoms with E-state index in [1.54, 1.807) is 7.05 Å². The molecule has 2 amide bonds. The normalized spacial score (nSPS) is 16.4. The zero-order chi connectivity index (χ0) is 17.1. The molecule has 1 aliphatic heterocycles. The van der Waals surface area contributed by atoms with Gasteiger partial charge in [-0.1, -0.05) is 11.8 Å². The number of thioether (sulfide) groups is 1. The first kappa shape index (κ1) is 16.4. The molecule has 0 saturated heterocycles. The average molecular weight is 350 g/mol. The van der Waals surface area contributed by atoms with Gasteiger partial charge in [0.25, 0.3) is 0 Å². The van der Waals surface area contributed by atoms with E-state index in [0.29, 0.717) is 28.7 Å². The number of carbonyl (C=O) groups excluding carboxylic acids is 2. The van der Waals surface area contributed by atoms with Gasteiger partial charge >= 0.3 is 0 Å². The van der Waals surface area contributed by atoms with E-state index in [0.717, 1.165) is 0 Å². The fourth-order valence-electron chi connectivity index (χ4n) is 2.45. The maximum absolute atomic E-state index is 13.5. The number of tetrazole rings is 1. The molecule has 2 N–H and O–H groups in total. The molecule has 10 heteroatoms. The van der Waals surface area contributed by atoms with Crippen LogP contribution in [0.5, 0.6) is 0 Å². The molecule has 0 bridgehead atoms. The van der Waals surface area contributed by atoms with Gasteiger partial charge < -0.3 is 10.6 Å². The Labute approximate surface area is 141 Å². The number of rotatable bonds is 5. The lowest BCUT2D eigenvalue weighted by molar-refractivity contribution is -0.126. The summed E-state index contributed by atoms with van der Waals surface area (Å²) >= 11 is 1.40. The van der Waals surface area contributed by atoms with E-state index >= 15 is 0 Å². The Morgan fingerprint density at radius 3 is 3.12 bits per heavy atom. The van der Waals surface area contributed by atoms with Gasteiger partial charge in [0.2, 0.25) is 17.0 Å². The zero-order valence-electron chi connectivity index (χ0n) is 12.8. The minimum atomic E-state index is -0.689. The Kier molecular flexibility index (Phi) is 4.74. The van der Waals surface area contributed by atoms with Crippen LogP contribution in [-0.4, -0.2) is 44.3 Å². The van der Waals surface area contributed by atoms with Gasteiger partial charge in [-0.3, -0.25) is 9.59 Å². The van der Waals surface area contributed by atoms with Crippen LogP contribution in [0.4, 0.5) is 10.1 Å². The van der Waals surface area contributed by atoms with Crippen LogP contribution in [0, 0.1) is 5.82 Å². The molecule has 0 spiro atoms. The van der Waals surface area contributed by atoms with Crippen molar-refractivity contribution in [3.63, 3.8) is 0 Å². The van der Waals surface area contributed by atoms with Crippen molar-refractivity contribution < 1.29 is 14.0 Å². The molecule has 1 atom stereocenters. The largest absolute Gasteiger partial charge is 0.355 e. The number of halogens is 1. The maximum Gasteiger partial charge on any atom is 0.228 e. The van der Waals surface area contributed by atoms with Crippen molar-refractivity contribution in [1.29, 1.82) is 0 Å². The molecule has 0 aliphatic carbocycles. The van der Waals surface area contributed by atoms with Crippen LogP contribution in [0.25, 0.3) is 0 Å². The summed E-state index contributed by atoms with van der Waals surface area (Å²) in [5.41, 5.74) is 0.976. The quantitative estimate of drug-likeness (QED) is 0.607. The van der Waals surface area contributed by atoms with Crippen molar-refractivity contribution >= 4 is 29.3 Å². The summed E-state index contributed by atoms with van der Waals surface area (Å²) in [6, 6.07) is 4.02. The summed E-state index contributed by atoms with van der Waals surface area (Å²) in [7, 11) is 1.73. The van der Waals surface area contributed by atoms with Crippen LogP contribution < -0.4 is 10.6 Å². The first-order valence-electron chi connectivity index (χ1n) is 7.27. The number of anilines is 1. The Balaban J connectivity index is 1.60. The second kappa shape index (κ2) is 6.95. The molecular formula is C14H15FN6O2S. The van der Waals surface area contributed by atoms with Gasteiger partial charge in [-0.05, 0) is 34.2 Å². The molecule has 0 radical (unpaired) electrons. The number of aryl methyl sites for hydroxylation is 1. The summed E-state index contributed by atoms with van der Waals surface area (Å²) < 4.78 is 15.0. The van der Waals surface area contributed by atoms with E-state index in [9.17, 15) is 14.0 Å². The van der Waals surface area contributed by atoms with Gasteiger partial charge in [-0.2, -0.15) is 0 Å². The van der Waals surface area contributed by atoms with E-state index in [1.807, 2.05) is 0 Å². The minimum absolute atomic E-state index is 0.00261. The van der Waals surface area contributed by atoms with Gasteiger partial charge in [-0.25, -0.2) is 9.07 Å². The monoisotopic (exact) mass is 350 g/mol. The molecule has 2 aromatic rings. The van der Waals surface area contributed by atoms with E-state index in [2.05, 4.69) is 26.2 Å². The van der Waals surface area contributed by atoms with E-state index in [4.69, 9.17) is 0 Å². The molecular weight excluding hydrogens is 335 g/mol. The minimum Gasteiger partial charge on any atom is -0.355 e. The summed E-state index contributed by atoms with van der Waals surface area (Å²) in [5.74, 6) is -1.10. The first-order valence-corrected chi connectivity index (χ1v) is 8.25. The van der Waals surface area contributed by atoms with Crippen molar-refractivity contribution in [2.24, 2.45) is 7.05 Å². The predicted molar refractivity (Wildman–Crippen MR) is 84.9 cm³/mol. The van der Waals surface area contributed by atoms with Crippen LogP contribution in [0.1, 0.15) is 17.9 Å². The Morgan fingerprint density at radius 2 is 2.38 bits per heavy atom. The second-order valence-electron chi connectivity index (χ2n) is 5.26. The molecule has 2 heterocycles. The Hall–Kier alpha value is -2.49. The van der Waals surface area contributed by atoms with Gasteiger partial charge in [0, 0.05) is 31.5 Å². The lowest BCUT2D eigenvalue weighted by Crippen LogP contribution is -2.36. The van der Waals surface area contributed by atoms with Gasteiger partial charge in [0.1, 0.15) is 5.82 Å². The molecule has 1 aromatic carbocycles. The first-order chi connectivity index (χ1) is 11.5. The molecule has 3 rings (SSSR count). The molecule has 8 nitrogen and oxygen atoms in total. The molecule has 1 unspecified atom stereocenters. The highest BCUT2D eigenvalue weighted by Crippen LogP contribution is 2.32. The number of benzene rings is 1. The SMILES string of the molecule is Cn1nnnc1SCCNC(=O)C1CC(=O)Nc2ccc(F)cc21. The second-order valence-corrected chi connectivity index (χ2v) is 6.32. The smallest absolute Gasteiger partial charge is 0.228 e. The van der Waals surface area contributed by atoms with E-state index in [1.165, 1.54) is 34.6 Å². The fraction of sp³-hybridized carbons (Fsp3) is 0.357. The third-order valence-corrected chi connectivity index (χ3v) is 4.60. The lowest BCUT2D eigenvalue weighted by atomic mass is 9.89. The number of nitrogens with one attached hydrogen (secondary N) is 2. The van der Waals surface area contributed by atoms with E-state index < -0.39 is 11.7 Å². The molecule has 0 fully saturated rings. The van der Waals surface area contributed by atoms with Crippen molar-refractivity contribution in [1.82, 2.24) is 25.5 Å². The summed E-state index contributed by atoms with van der Waals surface area (Å²) in [4.78, 5) is 24.1. The van der Waals surface area contributed by atoms with Crippen LogP contribution in [0.2, 0.25) is 0 Å². The average Bonchev–Trinajstić information content (AvgIpc) is 2.96. The highest BCUT2D eigenvalue weighted by molar-refractivity contribution is 7.99. The van der Waals surface area contributed by atoms with Crippen molar-refractivity contribution in [3.8, 4) is 0 Å². The number of hydrogen-bond acceptors (Lipinski definition) is 6. The molecule has 1 aromatic heterocycles. The highest BCUT2D eigenvalue weighted by Gasteiger charge is 2.30. The van der Waals surface area contributed by atoms with Crippen molar-refractivity contribution in [2.45, 2.75) is 17.5 Å². The third-order valence-electron chi connectivity index (χ3n) is 3.58. The number of fused-ring (bicyclic) bond motifs is 1. The van der Waals surface area contributed by atoms with Gasteiger partial charge in [0.15, 0.2) is 0 Å². The van der Waals surface area contributed by atoms with Crippen LogP contribution in [0.3, 0.4) is 0 Å². The molecule has 0 saturated carbocycles. The Morgan fingerprint density at radius 1 is 1.54 bits per heavy atom. The number of amides is 2. The highest BCUT2D eigenvalue weighted by atomic mass is 32.2. The number of hydrogen-bond donors (Lipinski definition) is 2. The maximum atomic E-state index is 13.5. The zero-order valence-corrected chi connectivity index (χ0v) is 13.6. The molecule has 1 aliphatic rings. The summed E-state index contributed by atoms with van der Waals surface area (Å²) in [5, 5.41) is 17.1. The number of carbonyl (C=O) groups is 2. The topological polar surface area (TPSA) is 102 Å². The summed E-state index contributed by atoms with van der Waals surface area (Å²) in [6.45, 7) is 0.388.